The fourth-order valence-electron chi connectivity index (χ4n) is 2.19. The zero-order chi connectivity index (χ0) is 13.7. The normalized spacial score (nSPS) is 20.3. The molecule has 0 amide bonds. The van der Waals surface area contributed by atoms with Crippen molar-refractivity contribution in [2.75, 3.05) is 31.1 Å². The van der Waals surface area contributed by atoms with Gasteiger partial charge in [-0.25, -0.2) is 13.4 Å². The molecule has 108 valence electrons. The van der Waals surface area contributed by atoms with Crippen LogP contribution in [0, 0.1) is 0 Å². The van der Waals surface area contributed by atoms with Crippen LogP contribution in [0.25, 0.3) is 0 Å². The van der Waals surface area contributed by atoms with E-state index in [1.807, 2.05) is 5.38 Å². The van der Waals surface area contributed by atoms with Crippen molar-refractivity contribution in [1.82, 2.24) is 9.88 Å². The van der Waals surface area contributed by atoms with Crippen LogP contribution in [0.5, 0.6) is 0 Å². The summed E-state index contributed by atoms with van der Waals surface area (Å²) in [6.07, 6.45) is 2.73. The highest BCUT2D eigenvalue weighted by molar-refractivity contribution is 7.91. The summed E-state index contributed by atoms with van der Waals surface area (Å²) in [6, 6.07) is 0. The molecule has 0 aliphatic carbocycles. The Hall–Kier alpha value is -0.170. The SMILES string of the molecule is O=S1(=O)CCCN(CCCc2nc(CCl)cs2)CC1. The van der Waals surface area contributed by atoms with E-state index >= 15 is 0 Å². The Morgan fingerprint density at radius 1 is 1.37 bits per heavy atom. The van der Waals surface area contributed by atoms with Crippen molar-refractivity contribution in [1.29, 1.82) is 0 Å². The van der Waals surface area contributed by atoms with Crippen molar-refractivity contribution in [2.45, 2.75) is 25.1 Å². The molecule has 1 aliphatic heterocycles. The first kappa shape index (κ1) is 15.2. The van der Waals surface area contributed by atoms with Crippen LogP contribution in [-0.4, -0.2) is 49.4 Å². The maximum absolute atomic E-state index is 11.5. The quantitative estimate of drug-likeness (QED) is 0.777. The number of rotatable bonds is 5. The van der Waals surface area contributed by atoms with E-state index < -0.39 is 9.84 Å². The maximum atomic E-state index is 11.5. The molecule has 1 aromatic heterocycles. The minimum atomic E-state index is -2.80. The van der Waals surface area contributed by atoms with Gasteiger partial charge in [-0.2, -0.15) is 0 Å². The van der Waals surface area contributed by atoms with Gasteiger partial charge in [-0.3, -0.25) is 0 Å². The molecular formula is C12H19ClN2O2S2. The highest BCUT2D eigenvalue weighted by Gasteiger charge is 2.18. The van der Waals surface area contributed by atoms with Gasteiger partial charge in [-0.05, 0) is 25.9 Å². The smallest absolute Gasteiger partial charge is 0.151 e. The Kier molecular flexibility index (Phi) is 5.62. The zero-order valence-electron chi connectivity index (χ0n) is 10.8. The number of aromatic nitrogens is 1. The predicted octanol–water partition coefficient (Wildman–Crippen LogP) is 1.94. The minimum absolute atomic E-state index is 0.306. The number of sulfone groups is 1. The van der Waals surface area contributed by atoms with Crippen LogP contribution in [0.3, 0.4) is 0 Å². The van der Waals surface area contributed by atoms with E-state index in [2.05, 4.69) is 9.88 Å². The molecule has 7 heteroatoms. The van der Waals surface area contributed by atoms with Crippen LogP contribution < -0.4 is 0 Å². The van der Waals surface area contributed by atoms with E-state index in [0.29, 0.717) is 23.9 Å². The zero-order valence-corrected chi connectivity index (χ0v) is 13.2. The van der Waals surface area contributed by atoms with Gasteiger partial charge in [0.1, 0.15) is 0 Å². The molecule has 0 unspecified atom stereocenters. The third-order valence-corrected chi connectivity index (χ3v) is 6.20. The van der Waals surface area contributed by atoms with Crippen LogP contribution in [0.2, 0.25) is 0 Å². The second-order valence-corrected chi connectivity index (χ2v) is 8.33. The summed E-state index contributed by atoms with van der Waals surface area (Å²) >= 11 is 7.37. The van der Waals surface area contributed by atoms with Crippen molar-refractivity contribution >= 4 is 32.8 Å². The predicted molar refractivity (Wildman–Crippen MR) is 79.7 cm³/mol. The first-order valence-corrected chi connectivity index (χ1v) is 9.74. The van der Waals surface area contributed by atoms with Crippen LogP contribution in [0.15, 0.2) is 5.38 Å². The highest BCUT2D eigenvalue weighted by atomic mass is 35.5. The van der Waals surface area contributed by atoms with E-state index in [9.17, 15) is 8.42 Å². The van der Waals surface area contributed by atoms with Crippen LogP contribution in [0.4, 0.5) is 0 Å². The van der Waals surface area contributed by atoms with Crippen molar-refractivity contribution < 1.29 is 8.42 Å². The molecule has 0 radical (unpaired) electrons. The molecule has 0 atom stereocenters. The Morgan fingerprint density at radius 2 is 2.21 bits per heavy atom. The average Bonchev–Trinajstić information content (AvgIpc) is 2.76. The molecular weight excluding hydrogens is 304 g/mol. The molecule has 1 aromatic rings. The molecule has 0 saturated carbocycles. The van der Waals surface area contributed by atoms with E-state index in [-0.39, 0.29) is 0 Å². The summed E-state index contributed by atoms with van der Waals surface area (Å²) in [5.74, 6) is 1.12. The van der Waals surface area contributed by atoms with Crippen LogP contribution >= 0.6 is 22.9 Å². The number of aryl methyl sites for hydroxylation is 1. The van der Waals surface area contributed by atoms with Gasteiger partial charge in [0.25, 0.3) is 0 Å². The summed E-state index contributed by atoms with van der Waals surface area (Å²) < 4.78 is 23.0. The Morgan fingerprint density at radius 3 is 2.95 bits per heavy atom. The number of hydrogen-bond donors (Lipinski definition) is 0. The van der Waals surface area contributed by atoms with Crippen molar-refractivity contribution in [3.63, 3.8) is 0 Å². The third kappa shape index (κ3) is 5.02. The number of alkyl halides is 1. The largest absolute Gasteiger partial charge is 0.302 e. The molecule has 2 heterocycles. The van der Waals surface area contributed by atoms with E-state index in [0.717, 1.165) is 43.1 Å². The molecule has 1 aliphatic rings. The molecule has 0 bridgehead atoms. The number of hydrogen-bond acceptors (Lipinski definition) is 5. The summed E-state index contributed by atoms with van der Waals surface area (Å²) in [7, 11) is -2.80. The van der Waals surface area contributed by atoms with E-state index in [1.54, 1.807) is 11.3 Å². The molecule has 19 heavy (non-hydrogen) atoms. The second kappa shape index (κ2) is 7.02. The van der Waals surface area contributed by atoms with Crippen LogP contribution in [0.1, 0.15) is 23.5 Å². The fraction of sp³-hybridized carbons (Fsp3) is 0.750. The monoisotopic (exact) mass is 322 g/mol. The van der Waals surface area contributed by atoms with Gasteiger partial charge < -0.3 is 4.90 Å². The molecule has 0 N–H and O–H groups in total. The van der Waals surface area contributed by atoms with Gasteiger partial charge in [0.15, 0.2) is 9.84 Å². The van der Waals surface area contributed by atoms with Gasteiger partial charge in [0, 0.05) is 18.3 Å². The lowest BCUT2D eigenvalue weighted by molar-refractivity contribution is 0.291. The van der Waals surface area contributed by atoms with Gasteiger partial charge >= 0.3 is 0 Å². The number of thiazole rings is 1. The van der Waals surface area contributed by atoms with Gasteiger partial charge in [0.05, 0.1) is 28.1 Å². The lowest BCUT2D eigenvalue weighted by atomic mass is 10.3. The van der Waals surface area contributed by atoms with E-state index in [4.69, 9.17) is 11.6 Å². The molecule has 0 spiro atoms. The molecule has 1 saturated heterocycles. The molecule has 1 fully saturated rings. The molecule has 4 nitrogen and oxygen atoms in total. The molecule has 2 rings (SSSR count). The highest BCUT2D eigenvalue weighted by Crippen LogP contribution is 2.14. The summed E-state index contributed by atoms with van der Waals surface area (Å²) in [5, 5.41) is 3.12. The van der Waals surface area contributed by atoms with Gasteiger partial charge in [0.2, 0.25) is 0 Å². The number of halogens is 1. The Bertz CT molecular complexity index is 502. The van der Waals surface area contributed by atoms with Crippen molar-refractivity contribution in [2.24, 2.45) is 0 Å². The number of nitrogens with zero attached hydrogens (tertiary/aromatic N) is 2. The van der Waals surface area contributed by atoms with Gasteiger partial charge in [-0.15, -0.1) is 22.9 Å². The fourth-order valence-corrected chi connectivity index (χ4v) is 4.57. The third-order valence-electron chi connectivity index (χ3n) is 3.25. The minimum Gasteiger partial charge on any atom is -0.302 e. The summed E-state index contributed by atoms with van der Waals surface area (Å²) in [6.45, 7) is 2.52. The second-order valence-electron chi connectivity index (χ2n) is 4.82. The van der Waals surface area contributed by atoms with Crippen molar-refractivity contribution in [3.05, 3.63) is 16.1 Å². The Balaban J connectivity index is 1.73. The Labute approximate surface area is 123 Å². The average molecular weight is 323 g/mol. The van der Waals surface area contributed by atoms with Crippen molar-refractivity contribution in [3.8, 4) is 0 Å². The van der Waals surface area contributed by atoms with Gasteiger partial charge in [-0.1, -0.05) is 0 Å². The first-order valence-electron chi connectivity index (χ1n) is 6.51. The standard InChI is InChI=1S/C12H19ClN2O2S2/c13-9-11-10-18-12(14-11)3-1-4-15-5-2-7-19(16,17)8-6-15/h10H,1-9H2. The maximum Gasteiger partial charge on any atom is 0.151 e. The summed E-state index contributed by atoms with van der Waals surface area (Å²) in [5.41, 5.74) is 0.947. The van der Waals surface area contributed by atoms with Crippen LogP contribution in [-0.2, 0) is 22.1 Å². The van der Waals surface area contributed by atoms with E-state index in [1.165, 1.54) is 0 Å². The lowest BCUT2D eigenvalue weighted by Gasteiger charge is -2.18. The topological polar surface area (TPSA) is 50.3 Å². The lowest BCUT2D eigenvalue weighted by Crippen LogP contribution is -2.28. The molecule has 0 aromatic carbocycles. The first-order chi connectivity index (χ1) is 9.09. The summed E-state index contributed by atoms with van der Waals surface area (Å²) in [4.78, 5) is 6.68.